The van der Waals surface area contributed by atoms with E-state index < -0.39 is 0 Å². The minimum absolute atomic E-state index is 0.108. The van der Waals surface area contributed by atoms with Crippen LogP contribution in [-0.2, 0) is 30.7 Å². The van der Waals surface area contributed by atoms with Crippen LogP contribution in [0.25, 0.3) is 10.2 Å². The number of aryl methyl sites for hydroxylation is 1. The fraction of sp³-hybridized carbons (Fsp3) is 0.480. The quantitative estimate of drug-likeness (QED) is 0.591. The second-order valence-electron chi connectivity index (χ2n) is 8.94. The van der Waals surface area contributed by atoms with Gasteiger partial charge in [0.25, 0.3) is 5.56 Å². The monoisotopic (exact) mass is 435 g/mol. The van der Waals surface area contributed by atoms with Crippen LogP contribution in [0.4, 0.5) is 0 Å². The fourth-order valence-corrected chi connectivity index (χ4v) is 6.26. The molecule has 162 valence electrons. The van der Waals surface area contributed by atoms with Crippen LogP contribution in [0.2, 0.25) is 0 Å². The van der Waals surface area contributed by atoms with Gasteiger partial charge in [-0.25, -0.2) is 4.98 Å². The van der Waals surface area contributed by atoms with Crippen molar-refractivity contribution in [3.8, 4) is 0 Å². The van der Waals surface area contributed by atoms with E-state index in [0.29, 0.717) is 25.4 Å². The standard InChI is InChI=1S/C25H29N3O2S/c29-22(12-11-18-7-3-1-4-8-18)27-14-13-20-21(16-27)31-24-23(20)25(30)28(17-26-24)15-19-9-5-2-6-10-19/h1,3-4,7-8,17,19H,2,5-6,9-16H2. The number of hydrogen-bond acceptors (Lipinski definition) is 4. The van der Waals surface area contributed by atoms with Gasteiger partial charge in [-0.15, -0.1) is 11.3 Å². The number of rotatable bonds is 5. The van der Waals surface area contributed by atoms with Crippen molar-refractivity contribution < 1.29 is 4.79 Å². The molecule has 1 aliphatic heterocycles. The van der Waals surface area contributed by atoms with Crippen LogP contribution in [-0.4, -0.2) is 26.9 Å². The van der Waals surface area contributed by atoms with Gasteiger partial charge in [0, 0.05) is 24.4 Å². The summed E-state index contributed by atoms with van der Waals surface area (Å²) in [6.07, 6.45) is 10.1. The lowest BCUT2D eigenvalue weighted by atomic mass is 9.89. The Balaban J connectivity index is 1.31. The Morgan fingerprint density at radius 2 is 1.94 bits per heavy atom. The first kappa shape index (κ1) is 20.4. The summed E-state index contributed by atoms with van der Waals surface area (Å²) in [6, 6.07) is 10.2. The van der Waals surface area contributed by atoms with E-state index in [1.807, 2.05) is 27.7 Å². The Morgan fingerprint density at radius 1 is 1.13 bits per heavy atom. The van der Waals surface area contributed by atoms with Crippen molar-refractivity contribution in [2.45, 2.75) is 64.5 Å². The van der Waals surface area contributed by atoms with E-state index in [9.17, 15) is 9.59 Å². The number of benzene rings is 1. The van der Waals surface area contributed by atoms with Crippen molar-refractivity contribution >= 4 is 27.5 Å². The molecule has 1 fully saturated rings. The number of thiophene rings is 1. The van der Waals surface area contributed by atoms with Crippen LogP contribution in [0, 0.1) is 5.92 Å². The van der Waals surface area contributed by atoms with E-state index in [1.54, 1.807) is 17.7 Å². The van der Waals surface area contributed by atoms with E-state index in [-0.39, 0.29) is 11.5 Å². The molecule has 1 saturated carbocycles. The summed E-state index contributed by atoms with van der Waals surface area (Å²) in [4.78, 5) is 34.6. The number of carbonyl (C=O) groups excluding carboxylic acids is 1. The SMILES string of the molecule is O=C(CCc1ccccc1)N1CCc2c(sc3ncn(CC4CCCCC4)c(=O)c23)C1. The van der Waals surface area contributed by atoms with Crippen LogP contribution >= 0.6 is 11.3 Å². The zero-order valence-electron chi connectivity index (χ0n) is 17.9. The number of hydrogen-bond donors (Lipinski definition) is 0. The third-order valence-electron chi connectivity index (χ3n) is 6.83. The summed E-state index contributed by atoms with van der Waals surface area (Å²) in [5.74, 6) is 0.785. The molecule has 5 nitrogen and oxygen atoms in total. The molecule has 0 atom stereocenters. The Morgan fingerprint density at radius 3 is 2.74 bits per heavy atom. The maximum Gasteiger partial charge on any atom is 0.262 e. The molecule has 0 N–H and O–H groups in total. The van der Waals surface area contributed by atoms with E-state index in [1.165, 1.54) is 37.7 Å². The molecule has 5 rings (SSSR count). The second-order valence-corrected chi connectivity index (χ2v) is 10.0. The van der Waals surface area contributed by atoms with E-state index in [4.69, 9.17) is 0 Å². The molecular formula is C25H29N3O2S. The summed E-state index contributed by atoms with van der Waals surface area (Å²) >= 11 is 1.59. The van der Waals surface area contributed by atoms with Gasteiger partial charge >= 0.3 is 0 Å². The van der Waals surface area contributed by atoms with Crippen LogP contribution in [0.5, 0.6) is 0 Å². The molecule has 0 unspecified atom stereocenters. The smallest absolute Gasteiger partial charge is 0.262 e. The lowest BCUT2D eigenvalue weighted by Crippen LogP contribution is -2.35. The lowest BCUT2D eigenvalue weighted by molar-refractivity contribution is -0.132. The summed E-state index contributed by atoms with van der Waals surface area (Å²) in [5.41, 5.74) is 2.43. The molecule has 1 aliphatic carbocycles. The van der Waals surface area contributed by atoms with Gasteiger partial charge in [0.2, 0.25) is 5.91 Å². The van der Waals surface area contributed by atoms with Crippen LogP contribution in [0.1, 0.15) is 54.5 Å². The average molecular weight is 436 g/mol. The van der Waals surface area contributed by atoms with Gasteiger partial charge in [0.1, 0.15) is 4.83 Å². The van der Waals surface area contributed by atoms with Gasteiger partial charge < -0.3 is 4.90 Å². The first-order chi connectivity index (χ1) is 15.2. The normalized spacial score (nSPS) is 17.1. The van der Waals surface area contributed by atoms with Gasteiger partial charge in [0.05, 0.1) is 18.3 Å². The number of carbonyl (C=O) groups is 1. The predicted octanol–water partition coefficient (Wildman–Crippen LogP) is 4.56. The molecule has 31 heavy (non-hydrogen) atoms. The molecule has 3 heterocycles. The summed E-state index contributed by atoms with van der Waals surface area (Å²) in [6.45, 7) is 2.08. The molecule has 1 aromatic carbocycles. The highest BCUT2D eigenvalue weighted by atomic mass is 32.1. The van der Waals surface area contributed by atoms with E-state index in [2.05, 4.69) is 17.1 Å². The van der Waals surface area contributed by atoms with Crippen molar-refractivity contribution in [2.24, 2.45) is 5.92 Å². The van der Waals surface area contributed by atoms with Crippen molar-refractivity contribution in [3.63, 3.8) is 0 Å². The average Bonchev–Trinajstić information content (AvgIpc) is 3.19. The highest BCUT2D eigenvalue weighted by Gasteiger charge is 2.26. The minimum Gasteiger partial charge on any atom is -0.337 e. The topological polar surface area (TPSA) is 55.2 Å². The molecule has 6 heteroatoms. The van der Waals surface area contributed by atoms with Crippen molar-refractivity contribution in [3.05, 3.63) is 63.0 Å². The first-order valence-electron chi connectivity index (χ1n) is 11.5. The molecule has 0 saturated heterocycles. The number of amides is 1. The highest BCUT2D eigenvalue weighted by molar-refractivity contribution is 7.18. The molecule has 0 radical (unpaired) electrons. The first-order valence-corrected chi connectivity index (χ1v) is 12.3. The molecule has 2 aromatic heterocycles. The van der Waals surface area contributed by atoms with Gasteiger partial charge in [0.15, 0.2) is 0 Å². The minimum atomic E-state index is 0.108. The Hall–Kier alpha value is -2.47. The highest BCUT2D eigenvalue weighted by Crippen LogP contribution is 2.33. The third-order valence-corrected chi connectivity index (χ3v) is 7.95. The fourth-order valence-electron chi connectivity index (χ4n) is 5.06. The van der Waals surface area contributed by atoms with E-state index >= 15 is 0 Å². The largest absolute Gasteiger partial charge is 0.337 e. The maximum atomic E-state index is 13.3. The van der Waals surface area contributed by atoms with Crippen molar-refractivity contribution in [1.82, 2.24) is 14.5 Å². The molecule has 3 aromatic rings. The van der Waals surface area contributed by atoms with E-state index in [0.717, 1.165) is 40.0 Å². The van der Waals surface area contributed by atoms with Crippen LogP contribution < -0.4 is 5.56 Å². The molecule has 0 bridgehead atoms. The summed E-state index contributed by atoms with van der Waals surface area (Å²) < 4.78 is 1.84. The summed E-state index contributed by atoms with van der Waals surface area (Å²) in [5, 5.41) is 0.801. The second kappa shape index (κ2) is 8.95. The molecule has 0 spiro atoms. The molecular weight excluding hydrogens is 406 g/mol. The number of aromatic nitrogens is 2. The van der Waals surface area contributed by atoms with Gasteiger partial charge in [-0.3, -0.25) is 14.2 Å². The Kier molecular flexibility index (Phi) is 5.90. The lowest BCUT2D eigenvalue weighted by Gasteiger charge is -2.27. The van der Waals surface area contributed by atoms with Crippen LogP contribution in [0.3, 0.4) is 0 Å². The zero-order chi connectivity index (χ0) is 21.2. The van der Waals surface area contributed by atoms with Crippen LogP contribution in [0.15, 0.2) is 41.5 Å². The number of nitrogens with zero attached hydrogens (tertiary/aromatic N) is 3. The Labute approximate surface area is 186 Å². The van der Waals surface area contributed by atoms with Gasteiger partial charge in [-0.2, -0.15) is 0 Å². The van der Waals surface area contributed by atoms with Crippen molar-refractivity contribution in [1.29, 1.82) is 0 Å². The molecule has 2 aliphatic rings. The third kappa shape index (κ3) is 4.31. The van der Waals surface area contributed by atoms with Gasteiger partial charge in [-0.05, 0) is 42.7 Å². The molecule has 1 amide bonds. The zero-order valence-corrected chi connectivity index (χ0v) is 18.7. The Bertz CT molecular complexity index is 1130. The summed E-state index contributed by atoms with van der Waals surface area (Å²) in [7, 11) is 0. The number of fused-ring (bicyclic) bond motifs is 3. The maximum absolute atomic E-state index is 13.3. The van der Waals surface area contributed by atoms with Gasteiger partial charge in [-0.1, -0.05) is 49.6 Å². The van der Waals surface area contributed by atoms with Crippen molar-refractivity contribution in [2.75, 3.05) is 6.54 Å². The predicted molar refractivity (Wildman–Crippen MR) is 124 cm³/mol.